The number of imidazole rings is 1. The van der Waals surface area contributed by atoms with Crippen LogP contribution >= 0.6 is 23.2 Å². The topological polar surface area (TPSA) is 17.8 Å². The number of aromatic nitrogens is 2. The van der Waals surface area contributed by atoms with Crippen LogP contribution < -0.4 is 0 Å². The number of benzene rings is 1. The molecule has 1 aromatic heterocycles. The first kappa shape index (κ1) is 11.4. The summed E-state index contributed by atoms with van der Waals surface area (Å²) < 4.78 is 2.19. The number of halogens is 2. The highest BCUT2D eigenvalue weighted by Gasteiger charge is 2.33. The Kier molecular flexibility index (Phi) is 2.80. The quantitative estimate of drug-likeness (QED) is 0.767. The SMILES string of the molecule is CC1CC1Cn1c(CCl)nc2cccc(Cl)c21. The van der Waals surface area contributed by atoms with Crippen LogP contribution in [-0.2, 0) is 12.4 Å². The highest BCUT2D eigenvalue weighted by atomic mass is 35.5. The van der Waals surface area contributed by atoms with E-state index in [9.17, 15) is 0 Å². The van der Waals surface area contributed by atoms with Gasteiger partial charge in [-0.1, -0.05) is 24.6 Å². The molecule has 0 radical (unpaired) electrons. The minimum Gasteiger partial charge on any atom is -0.325 e. The molecule has 1 aromatic carbocycles. The third kappa shape index (κ3) is 1.94. The molecule has 0 saturated heterocycles. The first-order valence-corrected chi connectivity index (χ1v) is 6.81. The summed E-state index contributed by atoms with van der Waals surface area (Å²) in [5.74, 6) is 2.93. The molecule has 1 aliphatic carbocycles. The molecule has 0 amide bonds. The lowest BCUT2D eigenvalue weighted by Crippen LogP contribution is -2.05. The Balaban J connectivity index is 2.11. The Hall–Kier alpha value is -0.730. The van der Waals surface area contributed by atoms with Crippen LogP contribution in [0, 0.1) is 11.8 Å². The summed E-state index contributed by atoms with van der Waals surface area (Å²) >= 11 is 12.2. The van der Waals surface area contributed by atoms with Crippen molar-refractivity contribution in [3.63, 3.8) is 0 Å². The van der Waals surface area contributed by atoms with Crippen LogP contribution in [0.25, 0.3) is 11.0 Å². The lowest BCUT2D eigenvalue weighted by molar-refractivity contribution is 0.591. The Morgan fingerprint density at radius 2 is 2.24 bits per heavy atom. The smallest absolute Gasteiger partial charge is 0.124 e. The van der Waals surface area contributed by atoms with Crippen molar-refractivity contribution in [1.29, 1.82) is 0 Å². The molecule has 2 nitrogen and oxygen atoms in total. The minimum absolute atomic E-state index is 0.437. The maximum Gasteiger partial charge on any atom is 0.124 e. The molecule has 90 valence electrons. The van der Waals surface area contributed by atoms with Crippen LogP contribution in [0.2, 0.25) is 5.02 Å². The average Bonchev–Trinajstić information content (AvgIpc) is 2.88. The molecule has 3 rings (SSSR count). The Morgan fingerprint density at radius 1 is 1.47 bits per heavy atom. The monoisotopic (exact) mass is 268 g/mol. The summed E-state index contributed by atoms with van der Waals surface area (Å²) in [7, 11) is 0. The average molecular weight is 269 g/mol. The molecule has 2 atom stereocenters. The van der Waals surface area contributed by atoms with E-state index in [-0.39, 0.29) is 0 Å². The predicted molar refractivity (Wildman–Crippen MR) is 71.6 cm³/mol. The number of alkyl halides is 1. The molecule has 0 aliphatic heterocycles. The molecule has 1 saturated carbocycles. The summed E-state index contributed by atoms with van der Waals surface area (Å²) in [6.45, 7) is 3.27. The molecular weight excluding hydrogens is 255 g/mol. The van der Waals surface area contributed by atoms with Crippen LogP contribution in [0.3, 0.4) is 0 Å². The van der Waals surface area contributed by atoms with Gasteiger partial charge in [0.2, 0.25) is 0 Å². The van der Waals surface area contributed by atoms with Crippen molar-refractivity contribution < 1.29 is 0 Å². The molecule has 2 unspecified atom stereocenters. The van der Waals surface area contributed by atoms with Crippen LogP contribution in [0.15, 0.2) is 18.2 Å². The van der Waals surface area contributed by atoms with Crippen LogP contribution in [0.4, 0.5) is 0 Å². The number of fused-ring (bicyclic) bond motifs is 1. The second kappa shape index (κ2) is 4.18. The third-order valence-electron chi connectivity index (χ3n) is 3.61. The van der Waals surface area contributed by atoms with Gasteiger partial charge in [-0.25, -0.2) is 4.98 Å². The van der Waals surface area contributed by atoms with E-state index in [1.165, 1.54) is 6.42 Å². The second-order valence-electron chi connectivity index (χ2n) is 4.85. The number of nitrogens with zero attached hydrogens (tertiary/aromatic N) is 2. The number of para-hydroxylation sites is 1. The minimum atomic E-state index is 0.437. The van der Waals surface area contributed by atoms with Crippen molar-refractivity contribution in [2.45, 2.75) is 25.8 Å². The van der Waals surface area contributed by atoms with E-state index >= 15 is 0 Å². The van der Waals surface area contributed by atoms with Gasteiger partial charge in [0.25, 0.3) is 0 Å². The summed E-state index contributed by atoms with van der Waals surface area (Å²) in [5.41, 5.74) is 1.98. The van der Waals surface area contributed by atoms with E-state index < -0.39 is 0 Å². The van der Waals surface area contributed by atoms with Crippen molar-refractivity contribution in [1.82, 2.24) is 9.55 Å². The zero-order valence-corrected chi connectivity index (χ0v) is 11.2. The summed E-state index contributed by atoms with van der Waals surface area (Å²) in [5, 5.41) is 0.764. The first-order valence-electron chi connectivity index (χ1n) is 5.90. The Bertz CT molecular complexity index is 562. The molecule has 1 fully saturated rings. The molecule has 0 bridgehead atoms. The maximum atomic E-state index is 6.27. The zero-order valence-electron chi connectivity index (χ0n) is 9.66. The number of hydrogen-bond donors (Lipinski definition) is 0. The van der Waals surface area contributed by atoms with Gasteiger partial charge in [0.15, 0.2) is 0 Å². The fourth-order valence-electron chi connectivity index (χ4n) is 2.38. The van der Waals surface area contributed by atoms with Gasteiger partial charge in [-0.05, 0) is 30.4 Å². The van der Waals surface area contributed by atoms with Gasteiger partial charge in [0, 0.05) is 6.54 Å². The lowest BCUT2D eigenvalue weighted by atomic mass is 10.3. The van der Waals surface area contributed by atoms with Crippen LogP contribution in [0.5, 0.6) is 0 Å². The van der Waals surface area contributed by atoms with E-state index in [2.05, 4.69) is 16.5 Å². The third-order valence-corrected chi connectivity index (χ3v) is 4.15. The second-order valence-corrected chi connectivity index (χ2v) is 5.53. The molecule has 17 heavy (non-hydrogen) atoms. The van der Waals surface area contributed by atoms with Crippen LogP contribution in [0.1, 0.15) is 19.2 Å². The van der Waals surface area contributed by atoms with Gasteiger partial charge in [-0.15, -0.1) is 11.6 Å². The Labute approximate surface area is 111 Å². The molecule has 0 spiro atoms. The maximum absolute atomic E-state index is 6.27. The summed E-state index contributed by atoms with van der Waals surface area (Å²) in [6.07, 6.45) is 1.30. The zero-order chi connectivity index (χ0) is 12.0. The van der Waals surface area contributed by atoms with E-state index in [1.54, 1.807) is 0 Å². The van der Waals surface area contributed by atoms with Crippen molar-refractivity contribution in [2.75, 3.05) is 0 Å². The molecule has 1 aliphatic rings. The number of rotatable bonds is 3. The van der Waals surface area contributed by atoms with Gasteiger partial charge in [0.05, 0.1) is 21.9 Å². The van der Waals surface area contributed by atoms with Gasteiger partial charge < -0.3 is 4.57 Å². The normalized spacial score (nSPS) is 23.2. The van der Waals surface area contributed by atoms with Crippen LogP contribution in [-0.4, -0.2) is 9.55 Å². The first-order chi connectivity index (χ1) is 8.20. The molecule has 1 heterocycles. The highest BCUT2D eigenvalue weighted by Crippen LogP contribution is 2.40. The van der Waals surface area contributed by atoms with E-state index in [0.29, 0.717) is 5.88 Å². The van der Waals surface area contributed by atoms with E-state index in [1.807, 2.05) is 18.2 Å². The van der Waals surface area contributed by atoms with Crippen molar-refractivity contribution in [2.24, 2.45) is 11.8 Å². The van der Waals surface area contributed by atoms with E-state index in [0.717, 1.165) is 40.3 Å². The Morgan fingerprint density at radius 3 is 2.88 bits per heavy atom. The fourth-order valence-corrected chi connectivity index (χ4v) is 2.85. The largest absolute Gasteiger partial charge is 0.325 e. The molecule has 4 heteroatoms. The molecular formula is C13H14Cl2N2. The highest BCUT2D eigenvalue weighted by molar-refractivity contribution is 6.35. The molecule has 0 N–H and O–H groups in total. The summed E-state index contributed by atoms with van der Waals surface area (Å²) in [6, 6.07) is 5.83. The van der Waals surface area contributed by atoms with Gasteiger partial charge in [-0.3, -0.25) is 0 Å². The number of hydrogen-bond acceptors (Lipinski definition) is 1. The van der Waals surface area contributed by atoms with Gasteiger partial charge in [0.1, 0.15) is 5.82 Å². The van der Waals surface area contributed by atoms with Gasteiger partial charge in [-0.2, -0.15) is 0 Å². The van der Waals surface area contributed by atoms with Crippen molar-refractivity contribution in [3.8, 4) is 0 Å². The summed E-state index contributed by atoms with van der Waals surface area (Å²) in [4.78, 5) is 4.54. The van der Waals surface area contributed by atoms with Gasteiger partial charge >= 0.3 is 0 Å². The standard InChI is InChI=1S/C13H14Cl2N2/c1-8-5-9(8)7-17-12(6-14)16-11-4-2-3-10(15)13(11)17/h2-4,8-9H,5-7H2,1H3. The van der Waals surface area contributed by atoms with E-state index in [4.69, 9.17) is 23.2 Å². The molecule has 2 aromatic rings. The lowest BCUT2D eigenvalue weighted by Gasteiger charge is -2.07. The van der Waals surface area contributed by atoms with Crippen molar-refractivity contribution in [3.05, 3.63) is 29.0 Å². The predicted octanol–water partition coefficient (Wildman–Crippen LogP) is 4.08. The van der Waals surface area contributed by atoms with Crippen molar-refractivity contribution >= 4 is 34.2 Å². The fraction of sp³-hybridized carbons (Fsp3) is 0.462.